The molecule has 0 aliphatic heterocycles. The number of ether oxygens (including phenoxy) is 1. The normalized spacial score (nSPS) is 10.2. The summed E-state index contributed by atoms with van der Waals surface area (Å²) < 4.78 is 5.38. The van der Waals surface area contributed by atoms with Crippen LogP contribution in [0.5, 0.6) is 5.75 Å². The molecule has 0 aliphatic rings. The summed E-state index contributed by atoms with van der Waals surface area (Å²) in [7, 11) is 0. The molecule has 2 rings (SSSR count). The van der Waals surface area contributed by atoms with E-state index >= 15 is 0 Å². The number of anilines is 1. The Kier molecular flexibility index (Phi) is 6.14. The Morgan fingerprint density at radius 1 is 1.25 bits per heavy atom. The molecule has 0 bridgehead atoms. The molecule has 0 aromatic heterocycles. The second kappa shape index (κ2) is 8.31. The van der Waals surface area contributed by atoms with Crippen LogP contribution in [-0.2, 0) is 11.2 Å². The standard InChI is InChI=1S/C17H17ClN2O4/c1-2-9-24-14-7-8-15(16(11-14)20(22)23)19-17(21)10-12-3-5-13(18)6-4-12/h3-8,11H,2,9-10H2,1H3,(H,19,21). The number of halogens is 1. The van der Waals surface area contributed by atoms with Crippen molar-refractivity contribution in [3.63, 3.8) is 0 Å². The summed E-state index contributed by atoms with van der Waals surface area (Å²) >= 11 is 5.80. The maximum atomic E-state index is 12.1. The maximum Gasteiger partial charge on any atom is 0.296 e. The van der Waals surface area contributed by atoms with E-state index in [1.54, 1.807) is 30.3 Å². The quantitative estimate of drug-likeness (QED) is 0.600. The third kappa shape index (κ3) is 4.96. The van der Waals surface area contributed by atoms with Crippen LogP contribution in [0.2, 0.25) is 5.02 Å². The second-order valence-corrected chi connectivity index (χ2v) is 5.57. The van der Waals surface area contributed by atoms with Gasteiger partial charge in [0.25, 0.3) is 5.69 Å². The molecule has 0 atom stereocenters. The van der Waals surface area contributed by atoms with E-state index < -0.39 is 4.92 Å². The van der Waals surface area contributed by atoms with Crippen LogP contribution < -0.4 is 10.1 Å². The van der Waals surface area contributed by atoms with Crippen molar-refractivity contribution in [2.24, 2.45) is 0 Å². The number of amides is 1. The molecule has 126 valence electrons. The molecular weight excluding hydrogens is 332 g/mol. The van der Waals surface area contributed by atoms with E-state index in [1.165, 1.54) is 12.1 Å². The lowest BCUT2D eigenvalue weighted by atomic mass is 10.1. The molecule has 0 spiro atoms. The molecule has 7 heteroatoms. The van der Waals surface area contributed by atoms with Gasteiger partial charge in [-0.05, 0) is 36.2 Å². The minimum Gasteiger partial charge on any atom is -0.493 e. The molecule has 0 fully saturated rings. The van der Waals surface area contributed by atoms with Gasteiger partial charge in [0.05, 0.1) is 24.0 Å². The van der Waals surface area contributed by atoms with E-state index in [-0.39, 0.29) is 23.7 Å². The lowest BCUT2D eigenvalue weighted by Crippen LogP contribution is -2.15. The van der Waals surface area contributed by atoms with E-state index in [0.29, 0.717) is 17.4 Å². The Bertz CT molecular complexity index is 732. The molecule has 0 heterocycles. The van der Waals surface area contributed by atoms with Crippen LogP contribution in [0.15, 0.2) is 42.5 Å². The summed E-state index contributed by atoms with van der Waals surface area (Å²) in [6.45, 7) is 2.42. The van der Waals surface area contributed by atoms with Gasteiger partial charge in [0, 0.05) is 5.02 Å². The highest BCUT2D eigenvalue weighted by atomic mass is 35.5. The molecule has 1 N–H and O–H groups in total. The zero-order valence-corrected chi connectivity index (χ0v) is 13.9. The lowest BCUT2D eigenvalue weighted by molar-refractivity contribution is -0.384. The van der Waals surface area contributed by atoms with Gasteiger partial charge >= 0.3 is 0 Å². The first kappa shape index (κ1) is 17.7. The first-order valence-electron chi connectivity index (χ1n) is 7.45. The number of hydrogen-bond acceptors (Lipinski definition) is 4. The van der Waals surface area contributed by atoms with Crippen LogP contribution >= 0.6 is 11.6 Å². The van der Waals surface area contributed by atoms with E-state index in [0.717, 1.165) is 12.0 Å². The Morgan fingerprint density at radius 2 is 1.96 bits per heavy atom. The van der Waals surface area contributed by atoms with Gasteiger partial charge in [0.15, 0.2) is 0 Å². The van der Waals surface area contributed by atoms with Gasteiger partial charge in [-0.25, -0.2) is 0 Å². The van der Waals surface area contributed by atoms with Crippen LogP contribution in [0, 0.1) is 10.1 Å². The second-order valence-electron chi connectivity index (χ2n) is 5.14. The number of nitrogens with one attached hydrogen (secondary N) is 1. The number of nitro groups is 1. The van der Waals surface area contributed by atoms with Gasteiger partial charge in [-0.2, -0.15) is 0 Å². The Labute approximate surface area is 144 Å². The Hall–Kier alpha value is -2.60. The fraction of sp³-hybridized carbons (Fsp3) is 0.235. The minimum atomic E-state index is -0.545. The van der Waals surface area contributed by atoms with E-state index in [4.69, 9.17) is 16.3 Å². The van der Waals surface area contributed by atoms with Gasteiger partial charge in [-0.3, -0.25) is 14.9 Å². The van der Waals surface area contributed by atoms with Crippen LogP contribution in [0.3, 0.4) is 0 Å². The lowest BCUT2D eigenvalue weighted by Gasteiger charge is -2.09. The molecule has 2 aromatic carbocycles. The van der Waals surface area contributed by atoms with E-state index in [2.05, 4.69) is 5.32 Å². The molecule has 0 unspecified atom stereocenters. The van der Waals surface area contributed by atoms with Crippen molar-refractivity contribution >= 4 is 28.9 Å². The molecule has 24 heavy (non-hydrogen) atoms. The summed E-state index contributed by atoms with van der Waals surface area (Å²) in [5.41, 5.74) is 0.707. The van der Waals surface area contributed by atoms with Crippen molar-refractivity contribution in [2.45, 2.75) is 19.8 Å². The van der Waals surface area contributed by atoms with Gasteiger partial charge < -0.3 is 10.1 Å². The fourth-order valence-electron chi connectivity index (χ4n) is 2.06. The van der Waals surface area contributed by atoms with Crippen molar-refractivity contribution in [3.05, 3.63) is 63.2 Å². The summed E-state index contributed by atoms with van der Waals surface area (Å²) in [5, 5.41) is 14.4. The topological polar surface area (TPSA) is 81.5 Å². The SMILES string of the molecule is CCCOc1ccc(NC(=O)Cc2ccc(Cl)cc2)c([N+](=O)[O-])c1. The first-order valence-corrected chi connectivity index (χ1v) is 7.83. The highest BCUT2D eigenvalue weighted by Gasteiger charge is 2.17. The number of rotatable bonds is 7. The monoisotopic (exact) mass is 348 g/mol. The van der Waals surface area contributed by atoms with Gasteiger partial charge in [0.1, 0.15) is 11.4 Å². The number of carbonyl (C=O) groups is 1. The molecule has 0 saturated carbocycles. The zero-order valence-electron chi connectivity index (χ0n) is 13.1. The van der Waals surface area contributed by atoms with Crippen LogP contribution in [-0.4, -0.2) is 17.4 Å². The summed E-state index contributed by atoms with van der Waals surface area (Å²) in [6.07, 6.45) is 0.899. The molecule has 2 aromatic rings. The number of nitro benzene ring substituents is 1. The fourth-order valence-corrected chi connectivity index (χ4v) is 2.19. The summed E-state index contributed by atoms with van der Waals surface area (Å²) in [6, 6.07) is 11.2. The first-order chi connectivity index (χ1) is 11.5. The molecule has 1 amide bonds. The number of nitrogens with zero attached hydrogens (tertiary/aromatic N) is 1. The van der Waals surface area contributed by atoms with E-state index in [9.17, 15) is 14.9 Å². The number of hydrogen-bond donors (Lipinski definition) is 1. The Balaban J connectivity index is 2.11. The van der Waals surface area contributed by atoms with Crippen molar-refractivity contribution in [2.75, 3.05) is 11.9 Å². The van der Waals surface area contributed by atoms with Crippen LogP contribution in [0.1, 0.15) is 18.9 Å². The third-order valence-corrected chi connectivity index (χ3v) is 3.44. The highest BCUT2D eigenvalue weighted by molar-refractivity contribution is 6.30. The zero-order chi connectivity index (χ0) is 17.5. The van der Waals surface area contributed by atoms with Gasteiger partial charge in [-0.15, -0.1) is 0 Å². The van der Waals surface area contributed by atoms with Gasteiger partial charge in [-0.1, -0.05) is 30.7 Å². The van der Waals surface area contributed by atoms with Gasteiger partial charge in [0.2, 0.25) is 5.91 Å². The number of benzene rings is 2. The summed E-state index contributed by atoms with van der Waals surface area (Å²) in [4.78, 5) is 22.8. The van der Waals surface area contributed by atoms with Crippen LogP contribution in [0.25, 0.3) is 0 Å². The molecule has 6 nitrogen and oxygen atoms in total. The summed E-state index contributed by atoms with van der Waals surface area (Å²) in [5.74, 6) is 0.0573. The van der Waals surface area contributed by atoms with Crippen molar-refractivity contribution < 1.29 is 14.5 Å². The van der Waals surface area contributed by atoms with Crippen molar-refractivity contribution in [1.29, 1.82) is 0 Å². The van der Waals surface area contributed by atoms with E-state index in [1.807, 2.05) is 6.92 Å². The average Bonchev–Trinajstić information content (AvgIpc) is 2.55. The largest absolute Gasteiger partial charge is 0.493 e. The highest BCUT2D eigenvalue weighted by Crippen LogP contribution is 2.29. The molecular formula is C17H17ClN2O4. The third-order valence-electron chi connectivity index (χ3n) is 3.19. The maximum absolute atomic E-state index is 12.1. The minimum absolute atomic E-state index is 0.0996. The number of carbonyl (C=O) groups excluding carboxylic acids is 1. The predicted octanol–water partition coefficient (Wildman–Crippen LogP) is 4.22. The molecule has 0 aliphatic carbocycles. The molecule has 0 radical (unpaired) electrons. The average molecular weight is 349 g/mol. The smallest absolute Gasteiger partial charge is 0.296 e. The van der Waals surface area contributed by atoms with Crippen LogP contribution in [0.4, 0.5) is 11.4 Å². The Morgan fingerprint density at radius 3 is 2.58 bits per heavy atom. The predicted molar refractivity (Wildman–Crippen MR) is 92.7 cm³/mol. The van der Waals surface area contributed by atoms with Crippen molar-refractivity contribution in [1.82, 2.24) is 0 Å². The van der Waals surface area contributed by atoms with Crippen molar-refractivity contribution in [3.8, 4) is 5.75 Å². The molecule has 0 saturated heterocycles.